The molecular weight excluding hydrogens is 214 g/mol. The molecule has 0 fully saturated rings. The maximum Gasteiger partial charge on any atom is 0.123 e. The molecule has 0 heterocycles. The zero-order valence-corrected chi connectivity index (χ0v) is 13.7. The van der Waals surface area contributed by atoms with E-state index in [1.807, 2.05) is 0 Å². The molecule has 0 saturated carbocycles. The monoisotopic (exact) mass is 245 g/mol. The first-order valence-corrected chi connectivity index (χ1v) is 8.41. The molecule has 0 aliphatic carbocycles. The standard InChI is InChI=1S/C12H31N3Si/c1-4-8-13-12(7-11-16,14-9-5-2)15-10-6-3/h13-15H,4-11H2,1-3,16H3. The van der Waals surface area contributed by atoms with Crippen molar-refractivity contribution in [3.63, 3.8) is 0 Å². The minimum Gasteiger partial charge on any atom is -0.287 e. The van der Waals surface area contributed by atoms with Crippen LogP contribution in [-0.4, -0.2) is 35.7 Å². The first-order chi connectivity index (χ1) is 7.74. The van der Waals surface area contributed by atoms with Gasteiger partial charge < -0.3 is 0 Å². The second kappa shape index (κ2) is 10.3. The summed E-state index contributed by atoms with van der Waals surface area (Å²) >= 11 is 0. The second-order valence-electron chi connectivity index (χ2n) is 4.44. The lowest BCUT2D eigenvalue weighted by Crippen LogP contribution is -2.66. The maximum atomic E-state index is 3.65. The van der Waals surface area contributed by atoms with E-state index < -0.39 is 0 Å². The molecule has 0 bridgehead atoms. The Kier molecular flexibility index (Phi) is 10.3. The minimum atomic E-state index is -0.0101. The highest BCUT2D eigenvalue weighted by molar-refractivity contribution is 6.08. The van der Waals surface area contributed by atoms with Crippen molar-refractivity contribution in [2.75, 3.05) is 19.6 Å². The summed E-state index contributed by atoms with van der Waals surface area (Å²) in [5, 5.41) is 11.0. The Bertz CT molecular complexity index is 131. The normalized spacial score (nSPS) is 12.2. The van der Waals surface area contributed by atoms with Crippen molar-refractivity contribution in [2.45, 2.75) is 58.3 Å². The molecule has 0 atom stereocenters. The lowest BCUT2D eigenvalue weighted by molar-refractivity contribution is 0.191. The van der Waals surface area contributed by atoms with Crippen LogP contribution in [-0.2, 0) is 0 Å². The van der Waals surface area contributed by atoms with Crippen LogP contribution >= 0.6 is 0 Å². The first kappa shape index (κ1) is 16.1. The Morgan fingerprint density at radius 3 is 1.44 bits per heavy atom. The third-order valence-corrected chi connectivity index (χ3v) is 3.16. The van der Waals surface area contributed by atoms with Crippen LogP contribution in [0.3, 0.4) is 0 Å². The molecule has 4 heteroatoms. The summed E-state index contributed by atoms with van der Waals surface area (Å²) in [6.45, 7) is 9.90. The van der Waals surface area contributed by atoms with Gasteiger partial charge in [0.2, 0.25) is 0 Å². The number of rotatable bonds is 11. The molecule has 0 unspecified atom stereocenters. The molecule has 3 N–H and O–H groups in total. The fourth-order valence-corrected chi connectivity index (χ4v) is 2.59. The SMILES string of the molecule is CCCNC(CC[SiH3])(NCCC)NCCC. The van der Waals surface area contributed by atoms with Gasteiger partial charge in [0, 0.05) is 10.2 Å². The van der Waals surface area contributed by atoms with Gasteiger partial charge in [0.15, 0.2) is 0 Å². The second-order valence-corrected chi connectivity index (χ2v) is 5.44. The number of nitrogens with one attached hydrogen (secondary N) is 3. The van der Waals surface area contributed by atoms with Crippen LogP contribution in [0, 0.1) is 0 Å². The largest absolute Gasteiger partial charge is 0.287 e. The van der Waals surface area contributed by atoms with E-state index in [0.717, 1.165) is 19.6 Å². The van der Waals surface area contributed by atoms with Crippen LogP contribution in [0.15, 0.2) is 0 Å². The topological polar surface area (TPSA) is 36.1 Å². The van der Waals surface area contributed by atoms with Gasteiger partial charge in [-0.3, -0.25) is 16.0 Å². The Balaban J connectivity index is 4.32. The molecular formula is C12H31N3Si. The predicted octanol–water partition coefficient (Wildman–Crippen LogP) is 0.813. The highest BCUT2D eigenvalue weighted by Crippen LogP contribution is 2.06. The van der Waals surface area contributed by atoms with Gasteiger partial charge in [0.05, 0.1) is 0 Å². The van der Waals surface area contributed by atoms with E-state index in [1.54, 1.807) is 0 Å². The van der Waals surface area contributed by atoms with Crippen molar-refractivity contribution in [2.24, 2.45) is 0 Å². The summed E-state index contributed by atoms with van der Waals surface area (Å²) in [4.78, 5) is 0. The molecule has 0 saturated heterocycles. The summed E-state index contributed by atoms with van der Waals surface area (Å²) in [6.07, 6.45) is 4.75. The summed E-state index contributed by atoms with van der Waals surface area (Å²) in [5.74, 6) is -0.0101. The Morgan fingerprint density at radius 1 is 0.812 bits per heavy atom. The summed E-state index contributed by atoms with van der Waals surface area (Å²) in [7, 11) is 1.28. The van der Waals surface area contributed by atoms with E-state index >= 15 is 0 Å². The highest BCUT2D eigenvalue weighted by atomic mass is 28.1. The average molecular weight is 245 g/mol. The van der Waals surface area contributed by atoms with Crippen LogP contribution in [0.1, 0.15) is 46.5 Å². The van der Waals surface area contributed by atoms with Crippen molar-refractivity contribution in [3.05, 3.63) is 0 Å². The fraction of sp³-hybridized carbons (Fsp3) is 1.00. The zero-order valence-electron chi connectivity index (χ0n) is 11.7. The molecule has 0 rings (SSSR count). The lowest BCUT2D eigenvalue weighted by atomic mass is 10.2. The quantitative estimate of drug-likeness (QED) is 0.372. The van der Waals surface area contributed by atoms with E-state index in [9.17, 15) is 0 Å². The van der Waals surface area contributed by atoms with Gasteiger partial charge in [-0.05, 0) is 45.3 Å². The third-order valence-electron chi connectivity index (χ3n) is 2.66. The molecule has 0 aliphatic heterocycles. The van der Waals surface area contributed by atoms with Crippen molar-refractivity contribution >= 4 is 10.2 Å². The smallest absolute Gasteiger partial charge is 0.123 e. The molecule has 98 valence electrons. The van der Waals surface area contributed by atoms with E-state index in [2.05, 4.69) is 36.7 Å². The van der Waals surface area contributed by atoms with E-state index in [4.69, 9.17) is 0 Å². The molecule has 0 radical (unpaired) electrons. The summed E-state index contributed by atoms with van der Waals surface area (Å²) < 4.78 is 0. The van der Waals surface area contributed by atoms with Crippen LogP contribution in [0.2, 0.25) is 6.04 Å². The van der Waals surface area contributed by atoms with Gasteiger partial charge in [-0.1, -0.05) is 26.8 Å². The third kappa shape index (κ3) is 6.63. The van der Waals surface area contributed by atoms with Crippen LogP contribution in [0.25, 0.3) is 0 Å². The fourth-order valence-electron chi connectivity index (χ4n) is 1.84. The van der Waals surface area contributed by atoms with Crippen molar-refractivity contribution < 1.29 is 0 Å². The van der Waals surface area contributed by atoms with Gasteiger partial charge in [-0.25, -0.2) is 0 Å². The van der Waals surface area contributed by atoms with Gasteiger partial charge in [0.25, 0.3) is 0 Å². The lowest BCUT2D eigenvalue weighted by Gasteiger charge is -2.37. The maximum absolute atomic E-state index is 3.65. The van der Waals surface area contributed by atoms with Gasteiger partial charge in [-0.2, -0.15) is 0 Å². The molecule has 3 nitrogen and oxygen atoms in total. The highest BCUT2D eigenvalue weighted by Gasteiger charge is 2.25. The van der Waals surface area contributed by atoms with E-state index in [0.29, 0.717) is 0 Å². The molecule has 0 aromatic carbocycles. The average Bonchev–Trinajstić information content (AvgIpc) is 2.31. The van der Waals surface area contributed by atoms with Crippen molar-refractivity contribution in [1.82, 2.24) is 16.0 Å². The van der Waals surface area contributed by atoms with E-state index in [1.165, 1.54) is 42.0 Å². The summed E-state index contributed by atoms with van der Waals surface area (Å²) in [5.41, 5.74) is 0. The molecule has 0 amide bonds. The molecule has 0 aliphatic rings. The van der Waals surface area contributed by atoms with Gasteiger partial charge in [0.1, 0.15) is 5.79 Å². The molecule has 16 heavy (non-hydrogen) atoms. The summed E-state index contributed by atoms with van der Waals surface area (Å²) in [6, 6.07) is 1.32. The number of hydrogen-bond donors (Lipinski definition) is 3. The molecule has 0 aromatic heterocycles. The molecule has 0 aromatic rings. The Morgan fingerprint density at radius 2 is 1.19 bits per heavy atom. The first-order valence-electron chi connectivity index (χ1n) is 6.99. The minimum absolute atomic E-state index is 0.0101. The predicted molar refractivity (Wildman–Crippen MR) is 77.0 cm³/mol. The van der Waals surface area contributed by atoms with Gasteiger partial charge in [-0.15, -0.1) is 0 Å². The van der Waals surface area contributed by atoms with Crippen LogP contribution < -0.4 is 16.0 Å². The Labute approximate surface area is 105 Å². The zero-order chi connectivity index (χ0) is 12.3. The van der Waals surface area contributed by atoms with E-state index in [-0.39, 0.29) is 5.79 Å². The number of hydrogen-bond acceptors (Lipinski definition) is 3. The van der Waals surface area contributed by atoms with Crippen molar-refractivity contribution in [1.29, 1.82) is 0 Å². The van der Waals surface area contributed by atoms with Gasteiger partial charge >= 0.3 is 0 Å². The van der Waals surface area contributed by atoms with Crippen LogP contribution in [0.5, 0.6) is 0 Å². The Hall–Kier alpha value is 0.0969. The molecule has 0 spiro atoms. The van der Waals surface area contributed by atoms with Crippen LogP contribution in [0.4, 0.5) is 0 Å². The van der Waals surface area contributed by atoms with Crippen molar-refractivity contribution in [3.8, 4) is 0 Å².